The predicted octanol–water partition coefficient (Wildman–Crippen LogP) is 2.52. The third-order valence-electron chi connectivity index (χ3n) is 3.20. The summed E-state index contributed by atoms with van der Waals surface area (Å²) >= 11 is 6.21. The predicted molar refractivity (Wildman–Crippen MR) is 83.7 cm³/mol. The van der Waals surface area contributed by atoms with Crippen LogP contribution in [-0.2, 0) is 18.9 Å². The highest BCUT2D eigenvalue weighted by molar-refractivity contribution is 6.30. The highest BCUT2D eigenvalue weighted by Crippen LogP contribution is 2.25. The first-order valence-corrected chi connectivity index (χ1v) is 7.28. The molecule has 0 aromatic carbocycles. The van der Waals surface area contributed by atoms with Gasteiger partial charge in [0.1, 0.15) is 28.9 Å². The normalized spacial score (nSPS) is 11.7. The van der Waals surface area contributed by atoms with Gasteiger partial charge in [-0.3, -0.25) is 0 Å². The smallest absolute Gasteiger partial charge is 0.137 e. The Labute approximate surface area is 130 Å². The summed E-state index contributed by atoms with van der Waals surface area (Å²) in [5.41, 5.74) is 0.722. The summed E-state index contributed by atoms with van der Waals surface area (Å²) in [7, 11) is 1.93. The maximum absolute atomic E-state index is 6.21. The minimum Gasteiger partial charge on any atom is -0.369 e. The summed E-state index contributed by atoms with van der Waals surface area (Å²) < 4.78 is 1.90. The van der Waals surface area contributed by atoms with E-state index in [9.17, 15) is 0 Å². The van der Waals surface area contributed by atoms with Crippen molar-refractivity contribution in [3.8, 4) is 0 Å². The van der Waals surface area contributed by atoms with E-state index in [4.69, 9.17) is 11.6 Å². The second-order valence-corrected chi connectivity index (χ2v) is 6.45. The van der Waals surface area contributed by atoms with Crippen LogP contribution in [0.1, 0.15) is 38.0 Å². The largest absolute Gasteiger partial charge is 0.369 e. The molecule has 2 aromatic rings. The van der Waals surface area contributed by atoms with Crippen molar-refractivity contribution in [1.29, 1.82) is 0 Å². The average molecular weight is 309 g/mol. The Morgan fingerprint density at radius 3 is 2.57 bits per heavy atom. The van der Waals surface area contributed by atoms with Crippen LogP contribution in [0.4, 0.5) is 5.82 Å². The monoisotopic (exact) mass is 308 g/mol. The molecule has 2 rings (SSSR count). The third-order valence-corrected chi connectivity index (χ3v) is 3.57. The van der Waals surface area contributed by atoms with Crippen LogP contribution in [0, 0.1) is 6.92 Å². The molecule has 0 spiro atoms. The molecule has 114 valence electrons. The van der Waals surface area contributed by atoms with Crippen LogP contribution in [0.3, 0.4) is 0 Å². The quantitative estimate of drug-likeness (QED) is 0.879. The number of aromatic nitrogens is 5. The molecule has 0 fully saturated rings. The van der Waals surface area contributed by atoms with Gasteiger partial charge in [0.25, 0.3) is 0 Å². The minimum atomic E-state index is -0.142. The molecular weight excluding hydrogens is 288 g/mol. The molecule has 7 heteroatoms. The lowest BCUT2D eigenvalue weighted by atomic mass is 9.95. The number of halogens is 1. The van der Waals surface area contributed by atoms with Gasteiger partial charge in [-0.25, -0.2) is 9.97 Å². The van der Waals surface area contributed by atoms with Crippen LogP contribution >= 0.6 is 11.6 Å². The zero-order valence-electron chi connectivity index (χ0n) is 13.1. The van der Waals surface area contributed by atoms with E-state index in [1.165, 1.54) is 0 Å². The molecule has 0 atom stereocenters. The Balaban J connectivity index is 2.12. The van der Waals surface area contributed by atoms with Gasteiger partial charge in [0.15, 0.2) is 0 Å². The molecule has 1 N–H and O–H groups in total. The number of hydrogen-bond acceptors (Lipinski definition) is 5. The Bertz CT molecular complexity index is 629. The number of nitrogens with one attached hydrogen (secondary N) is 1. The number of nitrogens with zero attached hydrogens (tertiary/aromatic N) is 5. The number of rotatable bonds is 4. The van der Waals surface area contributed by atoms with Crippen LogP contribution in [0.2, 0.25) is 5.15 Å². The molecule has 0 saturated carbocycles. The average Bonchev–Trinajstić information content (AvgIpc) is 2.79. The van der Waals surface area contributed by atoms with Gasteiger partial charge in [-0.1, -0.05) is 32.4 Å². The topological polar surface area (TPSA) is 68.5 Å². The number of anilines is 1. The maximum Gasteiger partial charge on any atom is 0.137 e. The van der Waals surface area contributed by atoms with Crippen molar-refractivity contribution < 1.29 is 0 Å². The SMILES string of the molecule is Cc1c(Cl)nc(C(C)(C)C)nc1NCCc1nncn1C. The molecular formula is C14H21ClN6. The lowest BCUT2D eigenvalue weighted by molar-refractivity contribution is 0.545. The minimum absolute atomic E-state index is 0.142. The summed E-state index contributed by atoms with van der Waals surface area (Å²) in [5.74, 6) is 2.44. The molecule has 0 aliphatic carbocycles. The second kappa shape index (κ2) is 5.97. The van der Waals surface area contributed by atoms with Crippen molar-refractivity contribution in [3.63, 3.8) is 0 Å². The second-order valence-electron chi connectivity index (χ2n) is 6.10. The highest BCUT2D eigenvalue weighted by Gasteiger charge is 2.20. The van der Waals surface area contributed by atoms with E-state index in [0.717, 1.165) is 29.5 Å². The van der Waals surface area contributed by atoms with Crippen LogP contribution in [0.15, 0.2) is 6.33 Å². The van der Waals surface area contributed by atoms with Gasteiger partial charge < -0.3 is 9.88 Å². The Hall–Kier alpha value is -1.69. The molecule has 0 bridgehead atoms. The van der Waals surface area contributed by atoms with E-state index in [-0.39, 0.29) is 5.41 Å². The molecule has 0 aliphatic heterocycles. The molecule has 0 saturated heterocycles. The van der Waals surface area contributed by atoms with Gasteiger partial charge in [-0.15, -0.1) is 10.2 Å². The van der Waals surface area contributed by atoms with Gasteiger partial charge in [0, 0.05) is 31.0 Å². The Morgan fingerprint density at radius 2 is 2.00 bits per heavy atom. The van der Waals surface area contributed by atoms with Crippen molar-refractivity contribution in [2.45, 2.75) is 39.5 Å². The van der Waals surface area contributed by atoms with Crippen LogP contribution in [0.25, 0.3) is 0 Å². The molecule has 0 amide bonds. The fourth-order valence-electron chi connectivity index (χ4n) is 1.82. The molecule has 6 nitrogen and oxygen atoms in total. The van der Waals surface area contributed by atoms with Crippen LogP contribution in [-0.4, -0.2) is 31.3 Å². The maximum atomic E-state index is 6.21. The Kier molecular flexibility index (Phi) is 4.46. The van der Waals surface area contributed by atoms with E-state index in [1.807, 2.05) is 18.5 Å². The highest BCUT2D eigenvalue weighted by atomic mass is 35.5. The van der Waals surface area contributed by atoms with E-state index in [2.05, 4.69) is 46.3 Å². The first-order valence-electron chi connectivity index (χ1n) is 6.90. The fourth-order valence-corrected chi connectivity index (χ4v) is 1.99. The molecule has 21 heavy (non-hydrogen) atoms. The molecule has 0 unspecified atom stereocenters. The fraction of sp³-hybridized carbons (Fsp3) is 0.571. The first kappa shape index (κ1) is 15.7. The Morgan fingerprint density at radius 1 is 1.29 bits per heavy atom. The van der Waals surface area contributed by atoms with Gasteiger partial charge in [-0.05, 0) is 6.92 Å². The van der Waals surface area contributed by atoms with Crippen molar-refractivity contribution in [2.24, 2.45) is 7.05 Å². The van der Waals surface area contributed by atoms with Crippen molar-refractivity contribution in [2.75, 3.05) is 11.9 Å². The first-order chi connectivity index (χ1) is 9.79. The van der Waals surface area contributed by atoms with Crippen LogP contribution < -0.4 is 5.32 Å². The number of aryl methyl sites for hydroxylation is 1. The summed E-state index contributed by atoms with van der Waals surface area (Å²) in [6, 6.07) is 0. The number of hydrogen-bond donors (Lipinski definition) is 1. The summed E-state index contributed by atoms with van der Waals surface area (Å²) in [6.45, 7) is 8.83. The zero-order chi connectivity index (χ0) is 15.6. The van der Waals surface area contributed by atoms with E-state index in [0.29, 0.717) is 11.7 Å². The molecule has 2 aromatic heterocycles. The molecule has 0 aliphatic rings. The van der Waals surface area contributed by atoms with Crippen LogP contribution in [0.5, 0.6) is 0 Å². The van der Waals surface area contributed by atoms with Gasteiger partial charge in [-0.2, -0.15) is 0 Å². The van der Waals surface area contributed by atoms with Gasteiger partial charge in [0.05, 0.1) is 0 Å². The molecule has 0 radical (unpaired) electrons. The summed E-state index contributed by atoms with van der Waals surface area (Å²) in [5, 5.41) is 11.7. The van der Waals surface area contributed by atoms with Gasteiger partial charge in [0.2, 0.25) is 0 Å². The molecule has 2 heterocycles. The summed E-state index contributed by atoms with van der Waals surface area (Å²) in [6.07, 6.45) is 2.46. The van der Waals surface area contributed by atoms with E-state index >= 15 is 0 Å². The van der Waals surface area contributed by atoms with E-state index < -0.39 is 0 Å². The lowest BCUT2D eigenvalue weighted by Crippen LogP contribution is -2.19. The third kappa shape index (κ3) is 3.69. The standard InChI is InChI=1S/C14H21ClN6/c1-9-11(15)18-13(14(2,3)4)19-12(9)16-7-6-10-20-17-8-21(10)5/h8H,6-7H2,1-5H3,(H,16,18,19). The van der Waals surface area contributed by atoms with Gasteiger partial charge >= 0.3 is 0 Å². The van der Waals surface area contributed by atoms with Crippen molar-refractivity contribution in [3.05, 3.63) is 28.7 Å². The lowest BCUT2D eigenvalue weighted by Gasteiger charge is -2.19. The zero-order valence-corrected chi connectivity index (χ0v) is 13.9. The van der Waals surface area contributed by atoms with Crippen molar-refractivity contribution >= 4 is 17.4 Å². The summed E-state index contributed by atoms with van der Waals surface area (Å²) in [4.78, 5) is 8.96. The van der Waals surface area contributed by atoms with Crippen molar-refractivity contribution in [1.82, 2.24) is 24.7 Å². The van der Waals surface area contributed by atoms with E-state index in [1.54, 1.807) is 6.33 Å².